The number of likely N-dealkylation sites (tertiary alicyclic amines) is 1. The summed E-state index contributed by atoms with van der Waals surface area (Å²) < 4.78 is 6.14. The van der Waals surface area contributed by atoms with Gasteiger partial charge in [-0.25, -0.2) is 0 Å². The molecule has 2 saturated heterocycles. The molecule has 2 fully saturated rings. The molecule has 2 aliphatic heterocycles. The average molecular weight is 313 g/mol. The SMILES string of the molecule is C=C[C@H](O)[C@@H]1OC2=C(O)C=CC3=C[C@@H]4[C@H](C=C)[C@@]1(CCN4C)C32. The molecule has 6 atom stereocenters. The summed E-state index contributed by atoms with van der Waals surface area (Å²) in [6.45, 7) is 8.74. The van der Waals surface area contributed by atoms with Crippen molar-refractivity contribution in [2.75, 3.05) is 13.6 Å². The molecule has 2 N–H and O–H groups in total. The fourth-order valence-corrected chi connectivity index (χ4v) is 5.14. The molecule has 1 spiro atoms. The summed E-state index contributed by atoms with van der Waals surface area (Å²) in [5.41, 5.74) is 0.885. The van der Waals surface area contributed by atoms with Gasteiger partial charge in [-0.05, 0) is 31.7 Å². The second kappa shape index (κ2) is 4.86. The van der Waals surface area contributed by atoms with Crippen LogP contribution in [-0.2, 0) is 4.74 Å². The summed E-state index contributed by atoms with van der Waals surface area (Å²) in [7, 11) is 2.13. The van der Waals surface area contributed by atoms with Crippen molar-refractivity contribution in [2.24, 2.45) is 17.3 Å². The first-order valence-corrected chi connectivity index (χ1v) is 8.17. The van der Waals surface area contributed by atoms with Gasteiger partial charge in [0.15, 0.2) is 5.76 Å². The minimum Gasteiger partial charge on any atom is -0.504 e. The van der Waals surface area contributed by atoms with Gasteiger partial charge in [0.1, 0.15) is 18.0 Å². The van der Waals surface area contributed by atoms with Gasteiger partial charge in [-0.3, -0.25) is 4.90 Å². The van der Waals surface area contributed by atoms with Crippen LogP contribution in [0.2, 0.25) is 0 Å². The summed E-state index contributed by atoms with van der Waals surface area (Å²) >= 11 is 0. The minimum atomic E-state index is -0.772. The van der Waals surface area contributed by atoms with Crippen molar-refractivity contribution in [3.8, 4) is 0 Å². The van der Waals surface area contributed by atoms with Crippen molar-refractivity contribution < 1.29 is 14.9 Å². The Morgan fingerprint density at radius 1 is 1.43 bits per heavy atom. The molecule has 4 aliphatic rings. The first kappa shape index (κ1) is 14.8. The molecule has 0 aromatic heterocycles. The zero-order valence-corrected chi connectivity index (χ0v) is 13.4. The van der Waals surface area contributed by atoms with Crippen molar-refractivity contribution >= 4 is 0 Å². The topological polar surface area (TPSA) is 52.9 Å². The molecule has 0 aromatic carbocycles. The molecule has 4 heteroatoms. The van der Waals surface area contributed by atoms with Crippen LogP contribution in [0.25, 0.3) is 0 Å². The van der Waals surface area contributed by atoms with Crippen molar-refractivity contribution in [1.82, 2.24) is 4.90 Å². The molecule has 2 heterocycles. The number of piperidine rings is 1. The summed E-state index contributed by atoms with van der Waals surface area (Å²) in [5, 5.41) is 20.9. The number of nitrogens with zero attached hydrogens (tertiary/aromatic N) is 1. The van der Waals surface area contributed by atoms with Crippen LogP contribution in [-0.4, -0.2) is 47.0 Å². The van der Waals surface area contributed by atoms with E-state index in [2.05, 4.69) is 31.2 Å². The van der Waals surface area contributed by atoms with Crippen LogP contribution >= 0.6 is 0 Å². The zero-order chi connectivity index (χ0) is 16.4. The Kier molecular flexibility index (Phi) is 3.12. The van der Waals surface area contributed by atoms with Gasteiger partial charge in [0.25, 0.3) is 0 Å². The van der Waals surface area contributed by atoms with Crippen molar-refractivity contribution in [3.63, 3.8) is 0 Å². The lowest BCUT2D eigenvalue weighted by molar-refractivity contribution is -0.0807. The van der Waals surface area contributed by atoms with Gasteiger partial charge in [0, 0.05) is 17.4 Å². The highest BCUT2D eigenvalue weighted by Crippen LogP contribution is 2.64. The Morgan fingerprint density at radius 3 is 2.91 bits per heavy atom. The second-order valence-corrected chi connectivity index (χ2v) is 7.04. The fourth-order valence-electron chi connectivity index (χ4n) is 5.14. The van der Waals surface area contributed by atoms with E-state index in [0.717, 1.165) is 13.0 Å². The fraction of sp³-hybridized carbons (Fsp3) is 0.474. The quantitative estimate of drug-likeness (QED) is 0.785. The molecule has 0 saturated carbocycles. The maximum Gasteiger partial charge on any atom is 0.153 e. The van der Waals surface area contributed by atoms with E-state index in [1.165, 1.54) is 11.6 Å². The van der Waals surface area contributed by atoms with Crippen LogP contribution in [0.5, 0.6) is 0 Å². The van der Waals surface area contributed by atoms with Crippen LogP contribution < -0.4 is 0 Å². The summed E-state index contributed by atoms with van der Waals surface area (Å²) in [4.78, 5) is 2.34. The summed E-state index contributed by atoms with van der Waals surface area (Å²) in [6.07, 6.45) is 9.18. The molecule has 0 aromatic rings. The maximum absolute atomic E-state index is 10.6. The van der Waals surface area contributed by atoms with E-state index in [9.17, 15) is 10.2 Å². The van der Waals surface area contributed by atoms with E-state index < -0.39 is 12.2 Å². The zero-order valence-electron chi connectivity index (χ0n) is 13.4. The second-order valence-electron chi connectivity index (χ2n) is 7.04. The standard InChI is InChI=1S/C19H23NO3/c1-4-12-13-10-11-6-7-15(22)17-16(11)19(12,8-9-20(13)3)18(23-17)14(21)5-2/h4-7,10,12-14,16,18,21-22H,1-2,8-9H2,3H3/t12-,13+,14-,16?,18-,19-/m0/s1. The summed E-state index contributed by atoms with van der Waals surface area (Å²) in [6, 6.07) is 0.236. The Labute approximate surface area is 136 Å². The number of ether oxygens (including phenoxy) is 1. The van der Waals surface area contributed by atoms with Gasteiger partial charge < -0.3 is 14.9 Å². The first-order chi connectivity index (χ1) is 11.0. The van der Waals surface area contributed by atoms with Crippen molar-refractivity contribution in [2.45, 2.75) is 24.7 Å². The van der Waals surface area contributed by atoms with Crippen LogP contribution in [0.15, 0.2) is 60.6 Å². The highest BCUT2D eigenvalue weighted by atomic mass is 16.5. The van der Waals surface area contributed by atoms with Crippen molar-refractivity contribution in [1.29, 1.82) is 0 Å². The molecule has 122 valence electrons. The number of fused-ring (bicyclic) bond motifs is 1. The number of rotatable bonds is 3. The predicted octanol–water partition coefficient (Wildman–Crippen LogP) is 2.32. The van der Waals surface area contributed by atoms with E-state index in [1.807, 2.05) is 12.2 Å². The van der Waals surface area contributed by atoms with Gasteiger partial charge in [-0.2, -0.15) is 0 Å². The number of likely N-dealkylation sites (N-methyl/N-ethyl adjacent to an activating group) is 1. The van der Waals surface area contributed by atoms with E-state index in [0.29, 0.717) is 5.76 Å². The molecular formula is C19H23NO3. The average Bonchev–Trinajstić information content (AvgIpc) is 2.90. The Balaban J connectivity index is 1.96. The number of hydrogen-bond acceptors (Lipinski definition) is 4. The number of allylic oxidation sites excluding steroid dienone is 3. The Morgan fingerprint density at radius 2 is 2.22 bits per heavy atom. The minimum absolute atomic E-state index is 0.0138. The van der Waals surface area contributed by atoms with Crippen LogP contribution in [0.3, 0.4) is 0 Å². The number of aliphatic hydroxyl groups is 2. The molecule has 0 radical (unpaired) electrons. The molecule has 1 unspecified atom stereocenters. The van der Waals surface area contributed by atoms with E-state index in [1.54, 1.807) is 6.08 Å². The summed E-state index contributed by atoms with van der Waals surface area (Å²) in [5.74, 6) is 0.913. The number of aliphatic hydroxyl groups excluding tert-OH is 2. The lowest BCUT2D eigenvalue weighted by Crippen LogP contribution is -2.61. The highest BCUT2D eigenvalue weighted by Gasteiger charge is 2.66. The van der Waals surface area contributed by atoms with Crippen LogP contribution in [0, 0.1) is 17.3 Å². The molecular weight excluding hydrogens is 290 g/mol. The van der Waals surface area contributed by atoms with Gasteiger partial charge in [0.05, 0.1) is 5.92 Å². The third-order valence-corrected chi connectivity index (χ3v) is 6.17. The van der Waals surface area contributed by atoms with Gasteiger partial charge >= 0.3 is 0 Å². The molecule has 23 heavy (non-hydrogen) atoms. The van der Waals surface area contributed by atoms with Crippen LogP contribution in [0.1, 0.15) is 6.42 Å². The molecule has 4 rings (SSSR count). The number of hydrogen-bond donors (Lipinski definition) is 2. The molecule has 2 bridgehead atoms. The van der Waals surface area contributed by atoms with Gasteiger partial charge in [-0.1, -0.05) is 24.3 Å². The lowest BCUT2D eigenvalue weighted by atomic mass is 9.52. The predicted molar refractivity (Wildman–Crippen MR) is 88.6 cm³/mol. The smallest absolute Gasteiger partial charge is 0.153 e. The first-order valence-electron chi connectivity index (χ1n) is 8.17. The largest absolute Gasteiger partial charge is 0.504 e. The third kappa shape index (κ3) is 1.68. The van der Waals surface area contributed by atoms with Gasteiger partial charge in [0.2, 0.25) is 0 Å². The van der Waals surface area contributed by atoms with E-state index >= 15 is 0 Å². The van der Waals surface area contributed by atoms with E-state index in [-0.39, 0.29) is 29.1 Å². The normalized spacial score (nSPS) is 42.6. The lowest BCUT2D eigenvalue weighted by Gasteiger charge is -2.55. The Hall–Kier alpha value is -1.78. The Bertz CT molecular complexity index is 662. The molecule has 4 nitrogen and oxygen atoms in total. The highest BCUT2D eigenvalue weighted by molar-refractivity contribution is 5.48. The van der Waals surface area contributed by atoms with E-state index in [4.69, 9.17) is 4.74 Å². The monoisotopic (exact) mass is 313 g/mol. The van der Waals surface area contributed by atoms with Crippen LogP contribution in [0.4, 0.5) is 0 Å². The maximum atomic E-state index is 10.6. The van der Waals surface area contributed by atoms with Crippen molar-refractivity contribution in [3.05, 3.63) is 60.6 Å². The third-order valence-electron chi connectivity index (χ3n) is 6.17. The van der Waals surface area contributed by atoms with Gasteiger partial charge in [-0.15, -0.1) is 13.2 Å². The molecule has 2 aliphatic carbocycles. The molecule has 0 amide bonds.